The molecule has 10 nitrogen and oxygen atoms in total. The van der Waals surface area contributed by atoms with Crippen LogP contribution in [0, 0.1) is 17.8 Å². The summed E-state index contributed by atoms with van der Waals surface area (Å²) in [4.78, 5) is 29.1. The molecule has 0 aromatic carbocycles. The van der Waals surface area contributed by atoms with E-state index in [0.717, 1.165) is 26.1 Å². The summed E-state index contributed by atoms with van der Waals surface area (Å²) in [7, 11) is -1.88. The fourth-order valence-electron chi connectivity index (χ4n) is 5.48. The average molecular weight is 554 g/mol. The molecule has 1 saturated heterocycles. The van der Waals surface area contributed by atoms with E-state index in [1.54, 1.807) is 20.8 Å². The van der Waals surface area contributed by atoms with Crippen LogP contribution in [0.1, 0.15) is 59.3 Å². The zero-order valence-corrected chi connectivity index (χ0v) is 23.1. The molecule has 0 aromatic rings. The van der Waals surface area contributed by atoms with Crippen LogP contribution >= 0.6 is 11.6 Å². The molecule has 2 amide bonds. The Hall–Kier alpha value is -1.21. The number of amides is 2. The normalized spacial score (nSPS) is 34.2. The van der Waals surface area contributed by atoms with Gasteiger partial charge in [0.25, 0.3) is 0 Å². The lowest BCUT2D eigenvalue weighted by Crippen LogP contribution is -2.52. The minimum absolute atomic E-state index is 0.0217. The number of carbonyl (C=O) groups is 2. The first-order valence-electron chi connectivity index (χ1n) is 12.7. The van der Waals surface area contributed by atoms with Crippen molar-refractivity contribution in [3.63, 3.8) is 0 Å². The second-order valence-electron chi connectivity index (χ2n) is 11.6. The Kier molecular flexibility index (Phi) is 9.87. The van der Waals surface area contributed by atoms with Gasteiger partial charge in [0.05, 0.1) is 17.0 Å². The van der Waals surface area contributed by atoms with E-state index in [2.05, 4.69) is 25.8 Å². The van der Waals surface area contributed by atoms with Crippen LogP contribution in [-0.2, 0) is 19.6 Å². The standard InChI is InChI=1S/C23H41ClFN5O5S/c1-23(2,3)35-22(32)27-16-7-5-6-14(8-16)12-36(33,34)29-28-21(31)17-9-15(10-18(24)20(17)25)19-11-30(4)13-26-19/h14-20,26,29H,5-13H2,1-4H3,(H,27,32)(H,28,31). The second-order valence-corrected chi connectivity index (χ2v) is 13.9. The molecule has 208 valence electrons. The molecule has 0 radical (unpaired) electrons. The molecule has 2 aliphatic carbocycles. The monoisotopic (exact) mass is 553 g/mol. The van der Waals surface area contributed by atoms with Gasteiger partial charge in [-0.25, -0.2) is 17.6 Å². The third kappa shape index (κ3) is 8.68. The number of nitrogens with one attached hydrogen (secondary N) is 4. The van der Waals surface area contributed by atoms with Crippen LogP contribution in [0.2, 0.25) is 0 Å². The van der Waals surface area contributed by atoms with E-state index in [1.807, 2.05) is 7.05 Å². The molecular weight excluding hydrogens is 513 g/mol. The summed E-state index contributed by atoms with van der Waals surface area (Å²) in [6.07, 6.45) is 1.37. The summed E-state index contributed by atoms with van der Waals surface area (Å²) >= 11 is 6.25. The predicted molar refractivity (Wildman–Crippen MR) is 135 cm³/mol. The van der Waals surface area contributed by atoms with E-state index < -0.39 is 45.1 Å². The lowest BCUT2D eigenvalue weighted by molar-refractivity contribution is -0.129. The Balaban J connectivity index is 1.49. The molecule has 1 aliphatic heterocycles. The number of alkyl carbamates (subject to hydrolysis) is 1. The molecule has 4 N–H and O–H groups in total. The van der Waals surface area contributed by atoms with E-state index >= 15 is 0 Å². The number of carbonyl (C=O) groups excluding carboxylic acids is 2. The van der Waals surface area contributed by atoms with Gasteiger partial charge in [-0.15, -0.1) is 16.4 Å². The number of nitrogens with zero attached hydrogens (tertiary/aromatic N) is 1. The van der Waals surface area contributed by atoms with Gasteiger partial charge in [-0.05, 0) is 71.8 Å². The predicted octanol–water partition coefficient (Wildman–Crippen LogP) is 1.85. The molecule has 1 heterocycles. The van der Waals surface area contributed by atoms with Crippen LogP contribution in [0.25, 0.3) is 0 Å². The first kappa shape index (κ1) is 29.3. The molecule has 13 heteroatoms. The molecule has 2 saturated carbocycles. The van der Waals surface area contributed by atoms with Gasteiger partial charge in [0, 0.05) is 25.3 Å². The molecule has 3 rings (SSSR count). The van der Waals surface area contributed by atoms with Gasteiger partial charge in [0.1, 0.15) is 11.8 Å². The minimum Gasteiger partial charge on any atom is -0.444 e. The highest BCUT2D eigenvalue weighted by atomic mass is 35.5. The van der Waals surface area contributed by atoms with Crippen molar-refractivity contribution < 1.29 is 27.1 Å². The summed E-state index contributed by atoms with van der Waals surface area (Å²) in [5.41, 5.74) is 1.61. The number of halogens is 2. The maximum absolute atomic E-state index is 14.8. The fourth-order valence-corrected chi connectivity index (χ4v) is 7.15. The van der Waals surface area contributed by atoms with Crippen molar-refractivity contribution in [2.45, 2.75) is 88.5 Å². The Bertz CT molecular complexity index is 889. The zero-order chi connectivity index (χ0) is 26.7. The Morgan fingerprint density at radius 2 is 1.92 bits per heavy atom. The van der Waals surface area contributed by atoms with Crippen molar-refractivity contribution in [3.8, 4) is 0 Å². The van der Waals surface area contributed by atoms with Crippen LogP contribution in [-0.4, -0.2) is 80.6 Å². The maximum Gasteiger partial charge on any atom is 0.407 e. The van der Waals surface area contributed by atoms with E-state index in [9.17, 15) is 22.4 Å². The number of alkyl halides is 2. The van der Waals surface area contributed by atoms with Gasteiger partial charge in [-0.2, -0.15) is 0 Å². The number of likely N-dealkylation sites (N-methyl/N-ethyl adjacent to an activating group) is 1. The van der Waals surface area contributed by atoms with Gasteiger partial charge in [0.2, 0.25) is 15.9 Å². The van der Waals surface area contributed by atoms with E-state index in [-0.39, 0.29) is 29.7 Å². The number of ether oxygens (including phenoxy) is 1. The highest BCUT2D eigenvalue weighted by Gasteiger charge is 2.44. The highest BCUT2D eigenvalue weighted by molar-refractivity contribution is 7.89. The average Bonchev–Trinajstić information content (AvgIpc) is 3.19. The highest BCUT2D eigenvalue weighted by Crippen LogP contribution is 2.37. The summed E-state index contributed by atoms with van der Waals surface area (Å²) in [6.45, 7) is 6.84. The Morgan fingerprint density at radius 1 is 1.19 bits per heavy atom. The third-order valence-electron chi connectivity index (χ3n) is 7.14. The van der Waals surface area contributed by atoms with Crippen molar-refractivity contribution >= 4 is 33.6 Å². The number of rotatable bonds is 7. The van der Waals surface area contributed by atoms with Gasteiger partial charge in [-0.1, -0.05) is 6.42 Å². The minimum atomic E-state index is -3.86. The Morgan fingerprint density at radius 3 is 2.56 bits per heavy atom. The van der Waals surface area contributed by atoms with Crippen molar-refractivity contribution in [1.82, 2.24) is 25.8 Å². The lowest BCUT2D eigenvalue weighted by Gasteiger charge is -2.37. The largest absolute Gasteiger partial charge is 0.444 e. The van der Waals surface area contributed by atoms with E-state index in [1.165, 1.54) is 0 Å². The van der Waals surface area contributed by atoms with Crippen LogP contribution in [0.5, 0.6) is 0 Å². The number of hydrazine groups is 1. The molecule has 3 fully saturated rings. The van der Waals surface area contributed by atoms with Gasteiger partial charge in [0.15, 0.2) is 0 Å². The van der Waals surface area contributed by atoms with E-state index in [0.29, 0.717) is 25.7 Å². The van der Waals surface area contributed by atoms with Gasteiger partial charge < -0.3 is 10.1 Å². The zero-order valence-electron chi connectivity index (χ0n) is 21.6. The molecule has 7 unspecified atom stereocenters. The number of hydrogen-bond donors (Lipinski definition) is 4. The van der Waals surface area contributed by atoms with E-state index in [4.69, 9.17) is 16.3 Å². The molecule has 0 spiro atoms. The molecular formula is C23H41ClFN5O5S. The SMILES string of the molecule is CN1CNC(C2CC(Cl)C(F)C(C(=O)NNS(=O)(=O)CC3CCCC(NC(=O)OC(C)(C)C)C3)C2)C1. The van der Waals surface area contributed by atoms with Crippen molar-refractivity contribution in [3.05, 3.63) is 0 Å². The second kappa shape index (κ2) is 12.1. The van der Waals surface area contributed by atoms with Crippen LogP contribution in [0.4, 0.5) is 9.18 Å². The molecule has 36 heavy (non-hydrogen) atoms. The van der Waals surface area contributed by atoms with Crippen LogP contribution < -0.4 is 20.9 Å². The molecule has 3 aliphatic rings. The number of hydrogen-bond acceptors (Lipinski definition) is 7. The van der Waals surface area contributed by atoms with Crippen LogP contribution in [0.3, 0.4) is 0 Å². The topological polar surface area (TPSA) is 129 Å². The summed E-state index contributed by atoms with van der Waals surface area (Å²) < 4.78 is 45.5. The third-order valence-corrected chi connectivity index (χ3v) is 8.88. The maximum atomic E-state index is 14.8. The summed E-state index contributed by atoms with van der Waals surface area (Å²) in [6, 6.07) is -0.0666. The lowest BCUT2D eigenvalue weighted by atomic mass is 9.76. The van der Waals surface area contributed by atoms with Crippen molar-refractivity contribution in [2.24, 2.45) is 17.8 Å². The molecule has 7 atom stereocenters. The van der Waals surface area contributed by atoms with Crippen molar-refractivity contribution in [2.75, 3.05) is 26.0 Å². The quantitative estimate of drug-likeness (QED) is 0.280. The number of sulfonamides is 1. The first-order valence-corrected chi connectivity index (χ1v) is 14.8. The van der Waals surface area contributed by atoms with Crippen molar-refractivity contribution in [1.29, 1.82) is 0 Å². The first-order chi connectivity index (χ1) is 16.7. The molecule has 0 aromatic heterocycles. The fraction of sp³-hybridized carbons (Fsp3) is 0.913. The van der Waals surface area contributed by atoms with Crippen LogP contribution in [0.15, 0.2) is 0 Å². The summed E-state index contributed by atoms with van der Waals surface area (Å²) in [5, 5.41) is 5.38. The smallest absolute Gasteiger partial charge is 0.407 e. The Labute approximate surface area is 218 Å². The molecule has 0 bridgehead atoms. The van der Waals surface area contributed by atoms with Gasteiger partial charge in [-0.3, -0.25) is 20.4 Å². The summed E-state index contributed by atoms with van der Waals surface area (Å²) in [5.74, 6) is -2.12. The van der Waals surface area contributed by atoms with Gasteiger partial charge >= 0.3 is 6.09 Å².